The van der Waals surface area contributed by atoms with Gasteiger partial charge in [0.25, 0.3) is 0 Å². The first-order valence-corrected chi connectivity index (χ1v) is 8.14. The van der Waals surface area contributed by atoms with Crippen LogP contribution in [0.4, 0.5) is 0 Å². The molecule has 1 nitrogen and oxygen atoms in total. The van der Waals surface area contributed by atoms with Crippen molar-refractivity contribution in [1.29, 1.82) is 0 Å². The van der Waals surface area contributed by atoms with E-state index in [-0.39, 0.29) is 6.04 Å². The van der Waals surface area contributed by atoms with E-state index in [1.807, 2.05) is 19.1 Å². The van der Waals surface area contributed by atoms with E-state index >= 15 is 0 Å². The minimum atomic E-state index is 0.0460. The molecule has 19 heavy (non-hydrogen) atoms. The maximum Gasteiger partial charge on any atom is 0.0406 e. The fourth-order valence-corrected chi connectivity index (χ4v) is 3.62. The van der Waals surface area contributed by atoms with E-state index in [4.69, 9.17) is 17.3 Å². The Morgan fingerprint density at radius 1 is 1.21 bits per heavy atom. The van der Waals surface area contributed by atoms with E-state index in [1.54, 1.807) is 11.8 Å². The van der Waals surface area contributed by atoms with Crippen molar-refractivity contribution >= 4 is 39.3 Å². The summed E-state index contributed by atoms with van der Waals surface area (Å²) >= 11 is 11.2. The van der Waals surface area contributed by atoms with Gasteiger partial charge in [-0.05, 0) is 42.3 Å². The molecular formula is C15H15BrClNS. The van der Waals surface area contributed by atoms with Gasteiger partial charge in [-0.1, -0.05) is 45.7 Å². The number of halogens is 2. The van der Waals surface area contributed by atoms with Gasteiger partial charge >= 0.3 is 0 Å². The molecule has 0 bridgehead atoms. The van der Waals surface area contributed by atoms with Crippen LogP contribution in [0.25, 0.3) is 0 Å². The molecule has 0 aliphatic heterocycles. The highest BCUT2D eigenvalue weighted by Gasteiger charge is 2.06. The van der Waals surface area contributed by atoms with Crippen molar-refractivity contribution < 1.29 is 0 Å². The van der Waals surface area contributed by atoms with E-state index in [0.717, 1.165) is 20.8 Å². The molecule has 0 aromatic heterocycles. The molecule has 0 spiro atoms. The highest BCUT2D eigenvalue weighted by molar-refractivity contribution is 9.10. The summed E-state index contributed by atoms with van der Waals surface area (Å²) in [5, 5.41) is 0.776. The van der Waals surface area contributed by atoms with E-state index in [2.05, 4.69) is 46.3 Å². The molecule has 2 aromatic carbocycles. The van der Waals surface area contributed by atoms with Crippen LogP contribution in [0, 0.1) is 0 Å². The maximum absolute atomic E-state index is 5.89. The molecule has 2 rings (SSSR count). The van der Waals surface area contributed by atoms with Crippen LogP contribution < -0.4 is 5.73 Å². The Hall–Kier alpha value is -0.480. The van der Waals surface area contributed by atoms with Gasteiger partial charge in [-0.3, -0.25) is 0 Å². The van der Waals surface area contributed by atoms with Crippen LogP contribution in [0.2, 0.25) is 5.02 Å². The highest BCUT2D eigenvalue weighted by atomic mass is 79.9. The molecule has 0 heterocycles. The summed E-state index contributed by atoms with van der Waals surface area (Å²) in [5.41, 5.74) is 8.30. The van der Waals surface area contributed by atoms with Crippen molar-refractivity contribution in [2.45, 2.75) is 23.6 Å². The van der Waals surface area contributed by atoms with Crippen LogP contribution in [0.3, 0.4) is 0 Å². The summed E-state index contributed by atoms with van der Waals surface area (Å²) in [6, 6.07) is 14.3. The van der Waals surface area contributed by atoms with Crippen LogP contribution in [0.15, 0.2) is 51.8 Å². The van der Waals surface area contributed by atoms with Crippen molar-refractivity contribution in [3.8, 4) is 0 Å². The fourth-order valence-electron chi connectivity index (χ4n) is 1.71. The minimum absolute atomic E-state index is 0.0460. The number of rotatable bonds is 4. The van der Waals surface area contributed by atoms with Crippen molar-refractivity contribution in [3.05, 3.63) is 63.1 Å². The standard InChI is InChI=1S/C15H15BrClNS/c1-10(18)14-7-6-13(8-15(14)16)19-9-11-2-4-12(17)5-3-11/h2-8,10H,9,18H2,1H3. The molecule has 2 N–H and O–H groups in total. The van der Waals surface area contributed by atoms with Gasteiger partial charge in [0.1, 0.15) is 0 Å². The number of hydrogen-bond donors (Lipinski definition) is 1. The number of benzene rings is 2. The third-order valence-electron chi connectivity index (χ3n) is 2.78. The molecule has 0 aliphatic rings. The van der Waals surface area contributed by atoms with Crippen LogP contribution in [-0.4, -0.2) is 0 Å². The molecule has 0 saturated heterocycles. The van der Waals surface area contributed by atoms with Crippen molar-refractivity contribution in [1.82, 2.24) is 0 Å². The predicted molar refractivity (Wildman–Crippen MR) is 87.8 cm³/mol. The Morgan fingerprint density at radius 3 is 2.47 bits per heavy atom. The van der Waals surface area contributed by atoms with Crippen molar-refractivity contribution in [2.24, 2.45) is 5.73 Å². The topological polar surface area (TPSA) is 26.0 Å². The summed E-state index contributed by atoms with van der Waals surface area (Å²) in [5.74, 6) is 0.932. The number of hydrogen-bond acceptors (Lipinski definition) is 2. The molecule has 1 atom stereocenters. The molecule has 1 unspecified atom stereocenters. The SMILES string of the molecule is CC(N)c1ccc(SCc2ccc(Cl)cc2)cc1Br. The first-order valence-electron chi connectivity index (χ1n) is 5.98. The van der Waals surface area contributed by atoms with Crippen LogP contribution >= 0.6 is 39.3 Å². The fraction of sp³-hybridized carbons (Fsp3) is 0.200. The van der Waals surface area contributed by atoms with Gasteiger partial charge in [-0.15, -0.1) is 11.8 Å². The Morgan fingerprint density at radius 2 is 1.89 bits per heavy atom. The van der Waals surface area contributed by atoms with E-state index in [1.165, 1.54) is 10.5 Å². The lowest BCUT2D eigenvalue weighted by Gasteiger charge is -2.10. The lowest BCUT2D eigenvalue weighted by atomic mass is 10.1. The predicted octanol–water partition coefficient (Wildman–Crippen LogP) is 5.41. The van der Waals surface area contributed by atoms with E-state index in [9.17, 15) is 0 Å². The normalized spacial score (nSPS) is 12.4. The molecule has 0 amide bonds. The average molecular weight is 357 g/mol. The second-order valence-corrected chi connectivity index (χ2v) is 6.73. The summed E-state index contributed by atoms with van der Waals surface area (Å²) < 4.78 is 1.07. The quantitative estimate of drug-likeness (QED) is 0.741. The molecule has 0 fully saturated rings. The van der Waals surface area contributed by atoms with Gasteiger partial charge in [0.05, 0.1) is 0 Å². The highest BCUT2D eigenvalue weighted by Crippen LogP contribution is 2.30. The van der Waals surface area contributed by atoms with E-state index < -0.39 is 0 Å². The second kappa shape index (κ2) is 6.80. The molecule has 0 radical (unpaired) electrons. The lowest BCUT2D eigenvalue weighted by Crippen LogP contribution is -2.05. The van der Waals surface area contributed by atoms with Gasteiger partial charge in [-0.25, -0.2) is 0 Å². The second-order valence-electron chi connectivity index (χ2n) is 4.39. The van der Waals surface area contributed by atoms with Gasteiger partial charge in [-0.2, -0.15) is 0 Å². The minimum Gasteiger partial charge on any atom is -0.324 e. The third kappa shape index (κ3) is 4.25. The average Bonchev–Trinajstić information content (AvgIpc) is 2.37. The van der Waals surface area contributed by atoms with Crippen LogP contribution in [-0.2, 0) is 5.75 Å². The first kappa shape index (κ1) is 14.9. The molecule has 2 aromatic rings. The first-order chi connectivity index (χ1) is 9.06. The molecule has 100 valence electrons. The van der Waals surface area contributed by atoms with Crippen LogP contribution in [0.5, 0.6) is 0 Å². The number of thioether (sulfide) groups is 1. The third-order valence-corrected chi connectivity index (χ3v) is 4.78. The Kier molecular flexibility index (Phi) is 5.34. The zero-order chi connectivity index (χ0) is 13.8. The summed E-state index contributed by atoms with van der Waals surface area (Å²) in [4.78, 5) is 1.23. The van der Waals surface area contributed by atoms with Gasteiger partial charge in [0, 0.05) is 26.2 Å². The van der Waals surface area contributed by atoms with Crippen molar-refractivity contribution in [3.63, 3.8) is 0 Å². The van der Waals surface area contributed by atoms with Gasteiger partial charge in [0.15, 0.2) is 0 Å². The van der Waals surface area contributed by atoms with Crippen LogP contribution in [0.1, 0.15) is 24.1 Å². The summed E-state index contributed by atoms with van der Waals surface area (Å²) in [6.07, 6.45) is 0. The molecule has 0 aliphatic carbocycles. The summed E-state index contributed by atoms with van der Waals surface area (Å²) in [6.45, 7) is 1.99. The maximum atomic E-state index is 5.89. The van der Waals surface area contributed by atoms with Gasteiger partial charge < -0.3 is 5.73 Å². The van der Waals surface area contributed by atoms with E-state index in [0.29, 0.717) is 0 Å². The Balaban J connectivity index is 2.04. The number of nitrogens with two attached hydrogens (primary N) is 1. The monoisotopic (exact) mass is 355 g/mol. The Labute approximate surface area is 131 Å². The molecular weight excluding hydrogens is 342 g/mol. The smallest absolute Gasteiger partial charge is 0.0406 e. The zero-order valence-electron chi connectivity index (χ0n) is 10.6. The zero-order valence-corrected chi connectivity index (χ0v) is 13.7. The lowest BCUT2D eigenvalue weighted by molar-refractivity contribution is 0.811. The summed E-state index contributed by atoms with van der Waals surface area (Å²) in [7, 11) is 0. The molecule has 4 heteroatoms. The molecule has 0 saturated carbocycles. The van der Waals surface area contributed by atoms with Crippen molar-refractivity contribution in [2.75, 3.05) is 0 Å². The van der Waals surface area contributed by atoms with Gasteiger partial charge in [0.2, 0.25) is 0 Å². The largest absolute Gasteiger partial charge is 0.324 e. The Bertz CT molecular complexity index is 555.